The topological polar surface area (TPSA) is 30.7 Å². The Kier molecular flexibility index (Phi) is 3.85. The van der Waals surface area contributed by atoms with Crippen molar-refractivity contribution in [3.05, 3.63) is 90.0 Å². The van der Waals surface area contributed by atoms with Crippen LogP contribution in [0.25, 0.3) is 28.5 Å². The Bertz CT molecular complexity index is 945. The standard InChI is InChI=1S/C20H14ClN3/c21-17-13-11-16(12-14-17)20-22-19(15-7-3-1-4-8-15)23-24(20)18-9-5-2-6-10-18/h1-14H. The first-order valence-corrected chi connectivity index (χ1v) is 8.03. The van der Waals surface area contributed by atoms with Gasteiger partial charge in [-0.1, -0.05) is 60.1 Å². The van der Waals surface area contributed by atoms with E-state index in [1.165, 1.54) is 0 Å². The molecule has 4 heteroatoms. The molecule has 1 heterocycles. The quantitative estimate of drug-likeness (QED) is 0.513. The molecule has 0 saturated heterocycles. The van der Waals surface area contributed by atoms with E-state index in [-0.39, 0.29) is 0 Å². The number of benzene rings is 3. The molecule has 3 aromatic carbocycles. The molecule has 3 nitrogen and oxygen atoms in total. The van der Waals surface area contributed by atoms with Crippen LogP contribution in [0.4, 0.5) is 0 Å². The second-order valence-electron chi connectivity index (χ2n) is 5.38. The first-order chi connectivity index (χ1) is 11.8. The predicted molar refractivity (Wildman–Crippen MR) is 97.2 cm³/mol. The van der Waals surface area contributed by atoms with Gasteiger partial charge in [0.1, 0.15) is 0 Å². The number of rotatable bonds is 3. The van der Waals surface area contributed by atoms with Crippen LogP contribution in [0.15, 0.2) is 84.9 Å². The zero-order chi connectivity index (χ0) is 16.4. The van der Waals surface area contributed by atoms with Crippen LogP contribution in [-0.2, 0) is 0 Å². The molecule has 4 aromatic rings. The third-order valence-electron chi connectivity index (χ3n) is 3.74. The second-order valence-corrected chi connectivity index (χ2v) is 5.82. The molecular formula is C20H14ClN3. The molecule has 116 valence electrons. The van der Waals surface area contributed by atoms with Gasteiger partial charge in [0.2, 0.25) is 0 Å². The van der Waals surface area contributed by atoms with Crippen LogP contribution in [0.2, 0.25) is 5.02 Å². The van der Waals surface area contributed by atoms with Gasteiger partial charge >= 0.3 is 0 Å². The molecule has 24 heavy (non-hydrogen) atoms. The summed E-state index contributed by atoms with van der Waals surface area (Å²) >= 11 is 6.01. The Labute approximate surface area is 145 Å². The molecule has 0 atom stereocenters. The summed E-state index contributed by atoms with van der Waals surface area (Å²) in [6.07, 6.45) is 0. The summed E-state index contributed by atoms with van der Waals surface area (Å²) in [4.78, 5) is 4.77. The summed E-state index contributed by atoms with van der Waals surface area (Å²) in [5.41, 5.74) is 2.93. The second kappa shape index (κ2) is 6.30. The molecule has 0 radical (unpaired) electrons. The van der Waals surface area contributed by atoms with Crippen LogP contribution in [0.3, 0.4) is 0 Å². The molecule has 0 aliphatic heterocycles. The van der Waals surface area contributed by atoms with Gasteiger partial charge in [0.25, 0.3) is 0 Å². The number of nitrogens with zero attached hydrogens (tertiary/aromatic N) is 3. The molecule has 0 N–H and O–H groups in total. The fourth-order valence-corrected chi connectivity index (χ4v) is 2.68. The van der Waals surface area contributed by atoms with Gasteiger partial charge in [0, 0.05) is 16.1 Å². The fourth-order valence-electron chi connectivity index (χ4n) is 2.56. The molecule has 0 spiro atoms. The molecule has 0 bridgehead atoms. The third kappa shape index (κ3) is 2.82. The van der Waals surface area contributed by atoms with Gasteiger partial charge in [-0.25, -0.2) is 9.67 Å². The van der Waals surface area contributed by atoms with Gasteiger partial charge in [-0.05, 0) is 36.4 Å². The van der Waals surface area contributed by atoms with Crippen molar-refractivity contribution in [1.29, 1.82) is 0 Å². The van der Waals surface area contributed by atoms with Crippen LogP contribution in [0.1, 0.15) is 0 Å². The van der Waals surface area contributed by atoms with Crippen LogP contribution in [-0.4, -0.2) is 14.8 Å². The predicted octanol–water partition coefficient (Wildman–Crippen LogP) is 5.25. The Hall–Kier alpha value is -2.91. The first-order valence-electron chi connectivity index (χ1n) is 7.65. The van der Waals surface area contributed by atoms with Gasteiger partial charge in [0.15, 0.2) is 11.6 Å². The van der Waals surface area contributed by atoms with E-state index >= 15 is 0 Å². The highest BCUT2D eigenvalue weighted by molar-refractivity contribution is 6.30. The van der Waals surface area contributed by atoms with Gasteiger partial charge in [0.05, 0.1) is 5.69 Å². The summed E-state index contributed by atoms with van der Waals surface area (Å²) in [6.45, 7) is 0. The van der Waals surface area contributed by atoms with E-state index in [4.69, 9.17) is 21.7 Å². The molecular weight excluding hydrogens is 318 g/mol. The minimum Gasteiger partial charge on any atom is -0.213 e. The van der Waals surface area contributed by atoms with E-state index in [9.17, 15) is 0 Å². The van der Waals surface area contributed by atoms with E-state index in [2.05, 4.69) is 0 Å². The molecule has 1 aromatic heterocycles. The number of hydrogen-bond donors (Lipinski definition) is 0. The zero-order valence-corrected chi connectivity index (χ0v) is 13.6. The van der Waals surface area contributed by atoms with Crippen molar-refractivity contribution >= 4 is 11.6 Å². The normalized spacial score (nSPS) is 10.7. The maximum Gasteiger partial charge on any atom is 0.182 e. The summed E-state index contributed by atoms with van der Waals surface area (Å²) < 4.78 is 1.87. The lowest BCUT2D eigenvalue weighted by atomic mass is 10.2. The highest BCUT2D eigenvalue weighted by Crippen LogP contribution is 2.26. The highest BCUT2D eigenvalue weighted by Gasteiger charge is 2.14. The lowest BCUT2D eigenvalue weighted by Gasteiger charge is -2.05. The number of aromatic nitrogens is 3. The van der Waals surface area contributed by atoms with Crippen molar-refractivity contribution in [2.45, 2.75) is 0 Å². The van der Waals surface area contributed by atoms with Crippen molar-refractivity contribution in [1.82, 2.24) is 14.8 Å². The van der Waals surface area contributed by atoms with Crippen LogP contribution in [0, 0.1) is 0 Å². The molecule has 0 aliphatic rings. The smallest absolute Gasteiger partial charge is 0.182 e. The van der Waals surface area contributed by atoms with E-state index in [0.717, 1.165) is 22.6 Å². The summed E-state index contributed by atoms with van der Waals surface area (Å²) in [7, 11) is 0. The number of halogens is 1. The van der Waals surface area contributed by atoms with E-state index < -0.39 is 0 Å². The third-order valence-corrected chi connectivity index (χ3v) is 3.99. The minimum atomic E-state index is 0.699. The van der Waals surface area contributed by atoms with E-state index in [0.29, 0.717) is 10.8 Å². The summed E-state index contributed by atoms with van der Waals surface area (Å²) in [5, 5.41) is 5.42. The molecule has 0 fully saturated rings. The highest BCUT2D eigenvalue weighted by atomic mass is 35.5. The number of hydrogen-bond acceptors (Lipinski definition) is 2. The van der Waals surface area contributed by atoms with E-state index in [1.807, 2.05) is 89.6 Å². The lowest BCUT2D eigenvalue weighted by Crippen LogP contribution is -1.99. The van der Waals surface area contributed by atoms with Crippen molar-refractivity contribution in [2.24, 2.45) is 0 Å². The Morgan fingerprint density at radius 1 is 0.667 bits per heavy atom. The average Bonchev–Trinajstić information content (AvgIpc) is 3.09. The van der Waals surface area contributed by atoms with Gasteiger partial charge in [-0.3, -0.25) is 0 Å². The Balaban J connectivity index is 1.90. The molecule has 0 amide bonds. The molecule has 0 aliphatic carbocycles. The Morgan fingerprint density at radius 3 is 1.96 bits per heavy atom. The monoisotopic (exact) mass is 331 g/mol. The van der Waals surface area contributed by atoms with Crippen molar-refractivity contribution in [3.63, 3.8) is 0 Å². The summed E-state index contributed by atoms with van der Waals surface area (Å²) in [6, 6.07) is 27.6. The van der Waals surface area contributed by atoms with E-state index in [1.54, 1.807) is 0 Å². The number of para-hydroxylation sites is 1. The first kappa shape index (κ1) is 14.7. The van der Waals surface area contributed by atoms with Crippen molar-refractivity contribution in [2.75, 3.05) is 0 Å². The van der Waals surface area contributed by atoms with Gasteiger partial charge in [-0.15, -0.1) is 5.10 Å². The van der Waals surface area contributed by atoms with Crippen molar-refractivity contribution in [3.8, 4) is 28.5 Å². The van der Waals surface area contributed by atoms with Crippen molar-refractivity contribution < 1.29 is 0 Å². The Morgan fingerprint density at radius 2 is 1.29 bits per heavy atom. The largest absolute Gasteiger partial charge is 0.213 e. The molecule has 0 saturated carbocycles. The average molecular weight is 332 g/mol. The van der Waals surface area contributed by atoms with Crippen LogP contribution < -0.4 is 0 Å². The van der Waals surface area contributed by atoms with Gasteiger partial charge in [-0.2, -0.15) is 0 Å². The minimum absolute atomic E-state index is 0.699. The van der Waals surface area contributed by atoms with Crippen LogP contribution >= 0.6 is 11.6 Å². The lowest BCUT2D eigenvalue weighted by molar-refractivity contribution is 0.890. The summed E-state index contributed by atoms with van der Waals surface area (Å²) in [5.74, 6) is 1.49. The molecule has 0 unspecified atom stereocenters. The molecule has 4 rings (SSSR count). The zero-order valence-electron chi connectivity index (χ0n) is 12.8. The maximum atomic E-state index is 6.01. The SMILES string of the molecule is Clc1ccc(-c2nc(-c3ccccc3)nn2-c2ccccc2)cc1. The maximum absolute atomic E-state index is 6.01. The fraction of sp³-hybridized carbons (Fsp3) is 0. The van der Waals surface area contributed by atoms with Gasteiger partial charge < -0.3 is 0 Å². The van der Waals surface area contributed by atoms with Crippen LogP contribution in [0.5, 0.6) is 0 Å².